The number of halogens is 2. The highest BCUT2D eigenvalue weighted by Crippen LogP contribution is 2.28. The molecule has 29 heavy (non-hydrogen) atoms. The van der Waals surface area contributed by atoms with Crippen molar-refractivity contribution in [2.45, 2.75) is 6.61 Å². The van der Waals surface area contributed by atoms with Gasteiger partial charge in [-0.1, -0.05) is 68.3 Å². The summed E-state index contributed by atoms with van der Waals surface area (Å²) in [6, 6.07) is 23.3. The number of cyclic esters (lactones) is 1. The summed E-state index contributed by atoms with van der Waals surface area (Å²) in [5, 5.41) is 0. The summed E-state index contributed by atoms with van der Waals surface area (Å²) in [6.45, 7) is 0.499. The van der Waals surface area contributed by atoms with Gasteiger partial charge in [-0.25, -0.2) is 4.79 Å². The SMILES string of the molecule is O=C1OC(c2ccc(Br)cc2)=C/C1=C\c1ccc(OCc2ccc(Br)cc2)cc1. The minimum atomic E-state index is -0.349. The van der Waals surface area contributed by atoms with Crippen LogP contribution < -0.4 is 4.74 Å². The monoisotopic (exact) mass is 510 g/mol. The van der Waals surface area contributed by atoms with Gasteiger partial charge in [-0.15, -0.1) is 0 Å². The molecule has 1 heterocycles. The van der Waals surface area contributed by atoms with Crippen molar-refractivity contribution in [1.82, 2.24) is 0 Å². The molecule has 0 saturated heterocycles. The van der Waals surface area contributed by atoms with E-state index in [9.17, 15) is 4.79 Å². The van der Waals surface area contributed by atoms with E-state index in [2.05, 4.69) is 31.9 Å². The number of carbonyl (C=O) groups excluding carboxylic acids is 1. The van der Waals surface area contributed by atoms with Crippen LogP contribution in [0.2, 0.25) is 0 Å². The predicted molar refractivity (Wildman–Crippen MR) is 121 cm³/mol. The van der Waals surface area contributed by atoms with Crippen LogP contribution in [0, 0.1) is 0 Å². The molecule has 144 valence electrons. The molecule has 0 unspecified atom stereocenters. The molecule has 4 rings (SSSR count). The molecular weight excluding hydrogens is 496 g/mol. The normalized spacial score (nSPS) is 14.6. The van der Waals surface area contributed by atoms with Gasteiger partial charge in [-0.2, -0.15) is 0 Å². The molecule has 0 radical (unpaired) electrons. The zero-order chi connectivity index (χ0) is 20.2. The lowest BCUT2D eigenvalue weighted by atomic mass is 10.1. The molecule has 0 amide bonds. The third-order valence-corrected chi connectivity index (χ3v) is 5.43. The molecular formula is C24H16Br2O3. The average molecular weight is 512 g/mol. The Morgan fingerprint density at radius 3 is 2.10 bits per heavy atom. The van der Waals surface area contributed by atoms with Gasteiger partial charge in [0.25, 0.3) is 0 Å². The highest BCUT2D eigenvalue weighted by Gasteiger charge is 2.21. The quantitative estimate of drug-likeness (QED) is 0.280. The van der Waals surface area contributed by atoms with E-state index in [1.165, 1.54) is 0 Å². The van der Waals surface area contributed by atoms with E-state index in [1.54, 1.807) is 6.08 Å². The summed E-state index contributed by atoms with van der Waals surface area (Å²) in [6.07, 6.45) is 3.58. The summed E-state index contributed by atoms with van der Waals surface area (Å²) in [5.74, 6) is 0.983. The first kappa shape index (κ1) is 19.7. The number of rotatable bonds is 5. The Balaban J connectivity index is 1.44. The maximum Gasteiger partial charge on any atom is 0.343 e. The fourth-order valence-electron chi connectivity index (χ4n) is 2.83. The standard InChI is InChI=1S/C24H16Br2O3/c25-20-7-1-17(2-8-20)15-28-22-11-3-16(4-12-22)13-19-14-23(29-24(19)27)18-5-9-21(26)10-6-18/h1-14H,15H2/b19-13+. The molecule has 0 fully saturated rings. The first-order valence-electron chi connectivity index (χ1n) is 8.96. The number of carbonyl (C=O) groups is 1. The molecule has 0 aliphatic carbocycles. The Labute approximate surface area is 185 Å². The highest BCUT2D eigenvalue weighted by molar-refractivity contribution is 9.10. The Morgan fingerprint density at radius 1 is 0.828 bits per heavy atom. The zero-order valence-electron chi connectivity index (χ0n) is 15.3. The molecule has 5 heteroatoms. The van der Waals surface area contributed by atoms with Gasteiger partial charge in [0, 0.05) is 14.5 Å². The average Bonchev–Trinajstić information content (AvgIpc) is 3.09. The van der Waals surface area contributed by atoms with Gasteiger partial charge in [0.2, 0.25) is 0 Å². The van der Waals surface area contributed by atoms with Crippen LogP contribution in [0.3, 0.4) is 0 Å². The lowest BCUT2D eigenvalue weighted by Gasteiger charge is -2.06. The van der Waals surface area contributed by atoms with Crippen molar-refractivity contribution in [2.75, 3.05) is 0 Å². The predicted octanol–water partition coefficient (Wildman–Crippen LogP) is 6.77. The van der Waals surface area contributed by atoms with Crippen LogP contribution in [-0.2, 0) is 16.1 Å². The third kappa shape index (κ3) is 5.05. The largest absolute Gasteiger partial charge is 0.489 e. The summed E-state index contributed by atoms with van der Waals surface area (Å²) in [5.41, 5.74) is 3.38. The molecule has 3 aromatic carbocycles. The van der Waals surface area contributed by atoms with E-state index in [1.807, 2.05) is 78.9 Å². The fraction of sp³-hybridized carbons (Fsp3) is 0.0417. The molecule has 0 bridgehead atoms. The molecule has 3 aromatic rings. The van der Waals surface area contributed by atoms with Crippen LogP contribution in [0.4, 0.5) is 0 Å². The lowest BCUT2D eigenvalue weighted by Crippen LogP contribution is -1.97. The van der Waals surface area contributed by atoms with Crippen molar-refractivity contribution in [1.29, 1.82) is 0 Å². The number of esters is 1. The zero-order valence-corrected chi connectivity index (χ0v) is 18.4. The molecule has 0 spiro atoms. The number of benzene rings is 3. The Hall–Kier alpha value is -2.63. The van der Waals surface area contributed by atoms with Crippen LogP contribution in [0.15, 0.2) is 93.4 Å². The summed E-state index contributed by atoms with van der Waals surface area (Å²) < 4.78 is 13.2. The lowest BCUT2D eigenvalue weighted by molar-refractivity contribution is -0.130. The van der Waals surface area contributed by atoms with Gasteiger partial charge < -0.3 is 9.47 Å². The smallest absolute Gasteiger partial charge is 0.343 e. The maximum absolute atomic E-state index is 12.2. The third-order valence-electron chi connectivity index (χ3n) is 4.37. The van der Waals surface area contributed by atoms with Crippen LogP contribution in [-0.4, -0.2) is 5.97 Å². The van der Waals surface area contributed by atoms with Gasteiger partial charge in [-0.3, -0.25) is 0 Å². The molecule has 3 nitrogen and oxygen atoms in total. The van der Waals surface area contributed by atoms with Crippen molar-refractivity contribution < 1.29 is 14.3 Å². The molecule has 0 atom stereocenters. The van der Waals surface area contributed by atoms with E-state index in [0.717, 1.165) is 31.4 Å². The molecule has 1 aliphatic heterocycles. The van der Waals surface area contributed by atoms with Crippen LogP contribution in [0.25, 0.3) is 11.8 Å². The highest BCUT2D eigenvalue weighted by atomic mass is 79.9. The summed E-state index contributed by atoms with van der Waals surface area (Å²) >= 11 is 6.83. The van der Waals surface area contributed by atoms with E-state index < -0.39 is 0 Å². The van der Waals surface area contributed by atoms with Crippen molar-refractivity contribution in [3.63, 3.8) is 0 Å². The van der Waals surface area contributed by atoms with Gasteiger partial charge in [-0.05, 0) is 59.7 Å². The molecule has 0 saturated carbocycles. The van der Waals surface area contributed by atoms with E-state index in [-0.39, 0.29) is 5.97 Å². The van der Waals surface area contributed by atoms with Crippen molar-refractivity contribution >= 4 is 49.7 Å². The second-order valence-corrected chi connectivity index (χ2v) is 8.32. The van der Waals surface area contributed by atoms with Crippen molar-refractivity contribution in [3.05, 3.63) is 110 Å². The topological polar surface area (TPSA) is 35.5 Å². The van der Waals surface area contributed by atoms with Crippen LogP contribution in [0.5, 0.6) is 5.75 Å². The van der Waals surface area contributed by atoms with Crippen LogP contribution >= 0.6 is 31.9 Å². The Kier molecular flexibility index (Phi) is 5.97. The molecule has 0 N–H and O–H groups in total. The Morgan fingerprint density at radius 2 is 1.45 bits per heavy atom. The molecule has 0 aromatic heterocycles. The summed E-state index contributed by atoms with van der Waals surface area (Å²) in [4.78, 5) is 12.2. The minimum absolute atomic E-state index is 0.349. The first-order valence-corrected chi connectivity index (χ1v) is 10.5. The van der Waals surface area contributed by atoms with Crippen LogP contribution in [0.1, 0.15) is 16.7 Å². The van der Waals surface area contributed by atoms with Crippen molar-refractivity contribution in [3.8, 4) is 5.75 Å². The van der Waals surface area contributed by atoms with Gasteiger partial charge in [0.15, 0.2) is 0 Å². The number of hydrogen-bond acceptors (Lipinski definition) is 3. The number of ether oxygens (including phenoxy) is 2. The second kappa shape index (κ2) is 8.80. The van der Waals surface area contributed by atoms with E-state index in [4.69, 9.17) is 9.47 Å². The van der Waals surface area contributed by atoms with Gasteiger partial charge >= 0.3 is 5.97 Å². The van der Waals surface area contributed by atoms with E-state index >= 15 is 0 Å². The summed E-state index contributed by atoms with van der Waals surface area (Å²) in [7, 11) is 0. The first-order chi connectivity index (χ1) is 14.1. The maximum atomic E-state index is 12.2. The van der Waals surface area contributed by atoms with E-state index in [0.29, 0.717) is 17.9 Å². The van der Waals surface area contributed by atoms with Gasteiger partial charge in [0.1, 0.15) is 18.1 Å². The number of hydrogen-bond donors (Lipinski definition) is 0. The molecule has 1 aliphatic rings. The second-order valence-electron chi connectivity index (χ2n) is 6.49. The Bertz CT molecular complexity index is 1080. The minimum Gasteiger partial charge on any atom is -0.489 e. The van der Waals surface area contributed by atoms with Crippen molar-refractivity contribution in [2.24, 2.45) is 0 Å². The van der Waals surface area contributed by atoms with Gasteiger partial charge in [0.05, 0.1) is 5.57 Å². The fourth-order valence-corrected chi connectivity index (χ4v) is 3.36.